The molecule has 0 saturated carbocycles. The lowest BCUT2D eigenvalue weighted by molar-refractivity contribution is -0.178. The minimum absolute atomic E-state index is 0.264. The van der Waals surface area contributed by atoms with Crippen LogP contribution in [-0.2, 0) is 37.0 Å². The van der Waals surface area contributed by atoms with E-state index in [0.29, 0.717) is 6.61 Å². The highest BCUT2D eigenvalue weighted by atomic mass is 16.7. The first-order valence-electron chi connectivity index (χ1n) is 8.41. The molecule has 4 atom stereocenters. The number of aliphatic carboxylic acids is 1. The third-order valence-corrected chi connectivity index (χ3v) is 4.22. The minimum Gasteiger partial charge on any atom is -0.479 e. The van der Waals surface area contributed by atoms with Gasteiger partial charge in [0.05, 0.1) is 13.2 Å². The smallest absolute Gasteiger partial charge is 0.335 e. The zero-order valence-electron chi connectivity index (χ0n) is 14.5. The number of carbonyl (C=O) groups is 1. The molecular weight excluding hydrogens is 336 g/mol. The lowest BCUT2D eigenvalue weighted by Crippen LogP contribution is -2.40. The number of ether oxygens (including phenoxy) is 4. The van der Waals surface area contributed by atoms with Crippen LogP contribution in [0.5, 0.6) is 0 Å². The standard InChI is InChI=1S/C20H22O6/c1-23-20-18(25-13-15-10-6-3-7-11-15)16(17(26-20)19(21)22)24-12-14-8-4-2-5-9-14/h2-11,16-18,20H,12-13H2,1H3,(H,21,22)/t16-,17+,18+,20+/m0/s1. The van der Waals surface area contributed by atoms with Crippen molar-refractivity contribution in [2.45, 2.75) is 37.8 Å². The van der Waals surface area contributed by atoms with Crippen molar-refractivity contribution < 1.29 is 28.8 Å². The average molecular weight is 358 g/mol. The van der Waals surface area contributed by atoms with Gasteiger partial charge >= 0.3 is 5.97 Å². The number of carboxylic acid groups (broad SMARTS) is 1. The Hall–Kier alpha value is -2.25. The second-order valence-corrected chi connectivity index (χ2v) is 6.02. The van der Waals surface area contributed by atoms with Crippen molar-refractivity contribution in [3.63, 3.8) is 0 Å². The largest absolute Gasteiger partial charge is 0.479 e. The fraction of sp³-hybridized carbons (Fsp3) is 0.350. The summed E-state index contributed by atoms with van der Waals surface area (Å²) in [6.07, 6.45) is -3.38. The Kier molecular flexibility index (Phi) is 6.35. The van der Waals surface area contributed by atoms with E-state index < -0.39 is 30.6 Å². The first-order chi connectivity index (χ1) is 12.7. The van der Waals surface area contributed by atoms with E-state index in [4.69, 9.17) is 18.9 Å². The van der Waals surface area contributed by atoms with E-state index in [1.807, 2.05) is 60.7 Å². The number of rotatable bonds is 8. The molecule has 1 heterocycles. The number of methoxy groups -OCH3 is 1. The van der Waals surface area contributed by atoms with Gasteiger partial charge in [0, 0.05) is 7.11 Å². The molecule has 0 aromatic heterocycles. The molecule has 0 radical (unpaired) electrons. The summed E-state index contributed by atoms with van der Waals surface area (Å²) in [5.74, 6) is -1.10. The molecule has 2 aromatic rings. The zero-order chi connectivity index (χ0) is 18.4. The summed E-state index contributed by atoms with van der Waals surface area (Å²) < 4.78 is 22.6. The van der Waals surface area contributed by atoms with Crippen LogP contribution in [0.1, 0.15) is 11.1 Å². The molecule has 0 aliphatic carbocycles. The highest BCUT2D eigenvalue weighted by Gasteiger charge is 2.50. The van der Waals surface area contributed by atoms with Crippen molar-refractivity contribution in [2.24, 2.45) is 0 Å². The molecule has 6 nitrogen and oxygen atoms in total. The van der Waals surface area contributed by atoms with Gasteiger partial charge in [0.25, 0.3) is 0 Å². The summed E-state index contributed by atoms with van der Waals surface area (Å²) in [6, 6.07) is 19.2. The number of hydrogen-bond donors (Lipinski definition) is 1. The predicted molar refractivity (Wildman–Crippen MR) is 93.3 cm³/mol. The normalized spacial score (nSPS) is 25.3. The third-order valence-electron chi connectivity index (χ3n) is 4.22. The van der Waals surface area contributed by atoms with Crippen LogP contribution in [0.25, 0.3) is 0 Å². The van der Waals surface area contributed by atoms with Gasteiger partial charge in [-0.2, -0.15) is 0 Å². The van der Waals surface area contributed by atoms with Gasteiger partial charge in [-0.1, -0.05) is 60.7 Å². The van der Waals surface area contributed by atoms with Gasteiger partial charge in [-0.25, -0.2) is 4.79 Å². The molecule has 1 fully saturated rings. The molecule has 1 N–H and O–H groups in total. The average Bonchev–Trinajstić information content (AvgIpc) is 3.04. The summed E-state index contributed by atoms with van der Waals surface area (Å²) in [5.41, 5.74) is 1.92. The molecule has 6 heteroatoms. The highest BCUT2D eigenvalue weighted by molar-refractivity contribution is 5.73. The van der Waals surface area contributed by atoms with E-state index in [1.54, 1.807) is 0 Å². The Balaban J connectivity index is 1.71. The molecule has 1 saturated heterocycles. The Bertz CT molecular complexity index is 690. The van der Waals surface area contributed by atoms with Gasteiger partial charge in [0.1, 0.15) is 12.2 Å². The van der Waals surface area contributed by atoms with Crippen LogP contribution in [0.15, 0.2) is 60.7 Å². The van der Waals surface area contributed by atoms with Crippen LogP contribution in [0.3, 0.4) is 0 Å². The first kappa shape index (κ1) is 18.5. The maximum absolute atomic E-state index is 11.6. The van der Waals surface area contributed by atoms with Crippen LogP contribution >= 0.6 is 0 Å². The highest BCUT2D eigenvalue weighted by Crippen LogP contribution is 2.29. The lowest BCUT2D eigenvalue weighted by Gasteiger charge is -2.23. The van der Waals surface area contributed by atoms with Crippen molar-refractivity contribution in [3.8, 4) is 0 Å². The summed E-state index contributed by atoms with van der Waals surface area (Å²) in [4.78, 5) is 11.6. The van der Waals surface area contributed by atoms with Gasteiger partial charge in [-0.15, -0.1) is 0 Å². The Labute approximate surface area is 152 Å². The minimum atomic E-state index is -1.15. The quantitative estimate of drug-likeness (QED) is 0.782. The van der Waals surface area contributed by atoms with Gasteiger partial charge in [0.15, 0.2) is 12.4 Å². The van der Waals surface area contributed by atoms with Gasteiger partial charge in [-0.05, 0) is 11.1 Å². The Morgan fingerprint density at radius 2 is 1.42 bits per heavy atom. The van der Waals surface area contributed by atoms with Crippen LogP contribution < -0.4 is 0 Å². The van der Waals surface area contributed by atoms with E-state index in [0.717, 1.165) is 11.1 Å². The van der Waals surface area contributed by atoms with E-state index in [-0.39, 0.29) is 6.61 Å². The van der Waals surface area contributed by atoms with Crippen LogP contribution in [0, 0.1) is 0 Å². The molecule has 138 valence electrons. The molecule has 0 unspecified atom stereocenters. The van der Waals surface area contributed by atoms with Crippen molar-refractivity contribution in [1.82, 2.24) is 0 Å². The lowest BCUT2D eigenvalue weighted by atomic mass is 10.1. The van der Waals surface area contributed by atoms with E-state index >= 15 is 0 Å². The van der Waals surface area contributed by atoms with Gasteiger partial charge < -0.3 is 24.1 Å². The summed E-state index contributed by atoms with van der Waals surface area (Å²) in [5, 5.41) is 9.48. The summed E-state index contributed by atoms with van der Waals surface area (Å²) in [6.45, 7) is 0.576. The van der Waals surface area contributed by atoms with Crippen LogP contribution in [0.2, 0.25) is 0 Å². The molecular formula is C20H22O6. The molecule has 1 aliphatic rings. The SMILES string of the molecule is CO[C@@H]1O[C@@H](C(=O)O)[C@H](OCc2ccccc2)[C@H]1OCc1ccccc1. The van der Waals surface area contributed by atoms with Crippen LogP contribution in [0.4, 0.5) is 0 Å². The molecule has 0 bridgehead atoms. The molecule has 0 spiro atoms. The van der Waals surface area contributed by atoms with Gasteiger partial charge in [0.2, 0.25) is 0 Å². The fourth-order valence-corrected chi connectivity index (χ4v) is 2.90. The topological polar surface area (TPSA) is 74.2 Å². The Morgan fingerprint density at radius 1 is 0.923 bits per heavy atom. The molecule has 2 aromatic carbocycles. The summed E-state index contributed by atoms with van der Waals surface area (Å²) in [7, 11) is 1.46. The molecule has 3 rings (SSSR count). The van der Waals surface area contributed by atoms with Crippen LogP contribution in [-0.4, -0.2) is 42.8 Å². The maximum Gasteiger partial charge on any atom is 0.335 e. The van der Waals surface area contributed by atoms with Crippen molar-refractivity contribution in [3.05, 3.63) is 71.8 Å². The van der Waals surface area contributed by atoms with E-state index in [1.165, 1.54) is 7.11 Å². The third kappa shape index (κ3) is 4.47. The molecule has 1 aliphatic heterocycles. The van der Waals surface area contributed by atoms with E-state index in [9.17, 15) is 9.90 Å². The monoisotopic (exact) mass is 358 g/mol. The number of hydrogen-bond acceptors (Lipinski definition) is 5. The Morgan fingerprint density at radius 3 is 1.88 bits per heavy atom. The summed E-state index contributed by atoms with van der Waals surface area (Å²) >= 11 is 0. The first-order valence-corrected chi connectivity index (χ1v) is 8.41. The van der Waals surface area contributed by atoms with Crippen molar-refractivity contribution >= 4 is 5.97 Å². The van der Waals surface area contributed by atoms with Gasteiger partial charge in [-0.3, -0.25) is 0 Å². The number of benzene rings is 2. The van der Waals surface area contributed by atoms with Crippen molar-refractivity contribution in [1.29, 1.82) is 0 Å². The second-order valence-electron chi connectivity index (χ2n) is 6.02. The molecule has 0 amide bonds. The second kappa shape index (κ2) is 8.91. The maximum atomic E-state index is 11.6. The molecule has 26 heavy (non-hydrogen) atoms. The number of carboxylic acids is 1. The predicted octanol–water partition coefficient (Wildman–Crippen LogP) is 2.61. The zero-order valence-corrected chi connectivity index (χ0v) is 14.5. The van der Waals surface area contributed by atoms with E-state index in [2.05, 4.69) is 0 Å². The van der Waals surface area contributed by atoms with Crippen molar-refractivity contribution in [2.75, 3.05) is 7.11 Å². The fourth-order valence-electron chi connectivity index (χ4n) is 2.90.